The van der Waals surface area contributed by atoms with Crippen LogP contribution >= 0.6 is 0 Å². The van der Waals surface area contributed by atoms with E-state index in [1.54, 1.807) is 11.8 Å². The first-order chi connectivity index (χ1) is 18.0. The molecule has 2 fully saturated rings. The third-order valence-corrected chi connectivity index (χ3v) is 7.31. The molecular weight excluding hydrogens is 503 g/mol. The maximum absolute atomic E-state index is 13.0. The Morgan fingerprint density at radius 3 is 2.55 bits per heavy atom. The van der Waals surface area contributed by atoms with Gasteiger partial charge in [-0.25, -0.2) is 4.79 Å². The number of hydrogen-bond acceptors (Lipinski definition) is 8. The monoisotopic (exact) mass is 537 g/mol. The number of carbonyl (C=O) groups excluding carboxylic acids is 1. The van der Waals surface area contributed by atoms with Crippen molar-refractivity contribution in [1.29, 1.82) is 0 Å². The number of ether oxygens (including phenoxy) is 1. The Hall–Kier alpha value is -3.12. The Bertz CT molecular complexity index is 1140. The number of halogens is 3. The Labute approximate surface area is 219 Å². The van der Waals surface area contributed by atoms with Gasteiger partial charge in [0.2, 0.25) is 0 Å². The number of alkyl halides is 3. The molecule has 208 valence electrons. The van der Waals surface area contributed by atoms with Crippen LogP contribution in [0.5, 0.6) is 5.75 Å². The molecule has 0 spiro atoms. The van der Waals surface area contributed by atoms with E-state index in [-0.39, 0.29) is 30.4 Å². The third-order valence-electron chi connectivity index (χ3n) is 7.31. The van der Waals surface area contributed by atoms with Crippen molar-refractivity contribution in [2.75, 3.05) is 44.6 Å². The lowest BCUT2D eigenvalue weighted by Gasteiger charge is -2.34. The van der Waals surface area contributed by atoms with Crippen LogP contribution in [-0.2, 0) is 10.9 Å². The van der Waals surface area contributed by atoms with Crippen molar-refractivity contribution in [2.24, 2.45) is 0 Å². The van der Waals surface area contributed by atoms with E-state index < -0.39 is 17.5 Å². The number of piperidine rings is 2. The molecule has 12 heteroatoms. The number of aliphatic hydroxyl groups excluding tert-OH is 1. The van der Waals surface area contributed by atoms with Gasteiger partial charge in [0.15, 0.2) is 5.82 Å². The quantitative estimate of drug-likeness (QED) is 0.508. The summed E-state index contributed by atoms with van der Waals surface area (Å²) in [6.45, 7) is 7.18. The molecule has 0 aliphatic carbocycles. The Morgan fingerprint density at radius 2 is 1.87 bits per heavy atom. The zero-order valence-corrected chi connectivity index (χ0v) is 21.6. The van der Waals surface area contributed by atoms with Gasteiger partial charge in [-0.1, -0.05) is 0 Å². The minimum absolute atomic E-state index is 0.0979. The molecule has 1 aromatic heterocycles. The number of phenolic OH excluding ortho intramolecular Hbond substituents is 1. The van der Waals surface area contributed by atoms with E-state index in [0.29, 0.717) is 55.6 Å². The van der Waals surface area contributed by atoms with Gasteiger partial charge in [-0.2, -0.15) is 13.2 Å². The maximum Gasteiger partial charge on any atom is 0.416 e. The lowest BCUT2D eigenvalue weighted by molar-refractivity contribution is -0.137. The van der Waals surface area contributed by atoms with E-state index in [2.05, 4.69) is 20.4 Å². The molecule has 1 aromatic carbocycles. The lowest BCUT2D eigenvalue weighted by Crippen LogP contribution is -2.44. The minimum Gasteiger partial charge on any atom is -0.507 e. The van der Waals surface area contributed by atoms with Crippen LogP contribution < -0.4 is 5.32 Å². The molecule has 0 radical (unpaired) electrons. The number of nitrogens with zero attached hydrogens (tertiary/aromatic N) is 4. The molecule has 4 rings (SSSR count). The zero-order valence-electron chi connectivity index (χ0n) is 21.6. The van der Waals surface area contributed by atoms with E-state index in [1.165, 1.54) is 6.07 Å². The minimum atomic E-state index is -4.55. The molecule has 2 aliphatic rings. The molecule has 9 nitrogen and oxygen atoms in total. The predicted octanol–water partition coefficient (Wildman–Crippen LogP) is 3.95. The highest BCUT2D eigenvalue weighted by molar-refractivity contribution is 5.72. The fraction of sp³-hybridized carbons (Fsp3) is 0.577. The van der Waals surface area contributed by atoms with Crippen molar-refractivity contribution in [3.8, 4) is 17.0 Å². The molecular formula is C26H34F3N5O4. The van der Waals surface area contributed by atoms with E-state index in [1.807, 2.05) is 6.92 Å². The summed E-state index contributed by atoms with van der Waals surface area (Å²) in [7, 11) is 0. The topological polar surface area (TPSA) is 111 Å². The summed E-state index contributed by atoms with van der Waals surface area (Å²) in [6, 6.07) is 2.92. The Kier molecular flexibility index (Phi) is 8.61. The summed E-state index contributed by atoms with van der Waals surface area (Å²) in [5, 5.41) is 31.8. The molecule has 38 heavy (non-hydrogen) atoms. The highest BCUT2D eigenvalue weighted by Crippen LogP contribution is 2.37. The number of hydrogen-bond donors (Lipinski definition) is 3. The first kappa shape index (κ1) is 27.9. The second kappa shape index (κ2) is 11.7. The Balaban J connectivity index is 1.33. The first-order valence-electron chi connectivity index (χ1n) is 12.9. The maximum atomic E-state index is 13.0. The Morgan fingerprint density at radius 1 is 1.13 bits per heavy atom. The number of carbonyl (C=O) groups is 1. The fourth-order valence-electron chi connectivity index (χ4n) is 4.88. The van der Waals surface area contributed by atoms with Gasteiger partial charge >= 0.3 is 12.3 Å². The summed E-state index contributed by atoms with van der Waals surface area (Å²) in [5.74, 6) is 0.0852. The van der Waals surface area contributed by atoms with Gasteiger partial charge in [0, 0.05) is 37.8 Å². The molecule has 2 aliphatic heterocycles. The number of phenols is 1. The molecule has 0 saturated carbocycles. The second-order valence-corrected chi connectivity index (χ2v) is 9.99. The zero-order chi connectivity index (χ0) is 27.4. The number of nitrogens with one attached hydrogen (secondary N) is 1. The van der Waals surface area contributed by atoms with Crippen LogP contribution in [0.3, 0.4) is 0 Å². The van der Waals surface area contributed by atoms with E-state index in [9.17, 15) is 28.2 Å². The van der Waals surface area contributed by atoms with Gasteiger partial charge in [0.05, 0.1) is 17.4 Å². The lowest BCUT2D eigenvalue weighted by atomic mass is 10.0. The van der Waals surface area contributed by atoms with Crippen LogP contribution in [0, 0.1) is 13.8 Å². The standard InChI is InChI=1S/C26H34F3N5O4/c1-16-17(2)24(32-31-23(16)21-6-5-18(14-22(21)36)26(27,28)29)30-19-4-3-9-33(15-19)12-13-38-25(37)34-10-7-20(35)8-11-34/h5-6,14,19-20,35-36H,3-4,7-13,15H2,1-2H3,(H,30,32)/t19-/m1/s1. The van der Waals surface area contributed by atoms with Gasteiger partial charge in [-0.3, -0.25) is 4.90 Å². The highest BCUT2D eigenvalue weighted by Gasteiger charge is 2.31. The highest BCUT2D eigenvalue weighted by atomic mass is 19.4. The van der Waals surface area contributed by atoms with Crippen molar-refractivity contribution < 1.29 is 32.9 Å². The van der Waals surface area contributed by atoms with Crippen LogP contribution in [0.15, 0.2) is 18.2 Å². The van der Waals surface area contributed by atoms with Crippen LogP contribution in [0.4, 0.5) is 23.8 Å². The molecule has 2 saturated heterocycles. The number of benzene rings is 1. The van der Waals surface area contributed by atoms with Crippen molar-refractivity contribution in [3.05, 3.63) is 34.9 Å². The summed E-state index contributed by atoms with van der Waals surface area (Å²) in [6.07, 6.45) is -2.21. The molecule has 3 N–H and O–H groups in total. The summed E-state index contributed by atoms with van der Waals surface area (Å²) in [4.78, 5) is 16.1. The summed E-state index contributed by atoms with van der Waals surface area (Å²) < 4.78 is 44.3. The molecule has 0 unspecified atom stereocenters. The second-order valence-electron chi connectivity index (χ2n) is 9.99. The predicted molar refractivity (Wildman–Crippen MR) is 135 cm³/mol. The van der Waals surface area contributed by atoms with Crippen molar-refractivity contribution >= 4 is 11.9 Å². The number of aromatic hydroxyl groups is 1. The molecule has 1 amide bonds. The van der Waals surface area contributed by atoms with Gasteiger partial charge in [-0.15, -0.1) is 10.2 Å². The van der Waals surface area contributed by atoms with Crippen molar-refractivity contribution in [3.63, 3.8) is 0 Å². The number of rotatable bonds is 6. The largest absolute Gasteiger partial charge is 0.507 e. The van der Waals surface area contributed by atoms with Crippen molar-refractivity contribution in [1.82, 2.24) is 20.0 Å². The fourth-order valence-corrected chi connectivity index (χ4v) is 4.88. The van der Waals surface area contributed by atoms with Crippen LogP contribution in [0.2, 0.25) is 0 Å². The number of likely N-dealkylation sites (tertiary alicyclic amines) is 2. The van der Waals surface area contributed by atoms with E-state index in [0.717, 1.165) is 37.6 Å². The smallest absolute Gasteiger partial charge is 0.416 e. The average Bonchev–Trinajstić information content (AvgIpc) is 2.87. The summed E-state index contributed by atoms with van der Waals surface area (Å²) >= 11 is 0. The third kappa shape index (κ3) is 6.65. The number of anilines is 1. The number of amides is 1. The summed E-state index contributed by atoms with van der Waals surface area (Å²) in [5.41, 5.74) is 1.10. The van der Waals surface area contributed by atoms with Gasteiger partial charge in [0.25, 0.3) is 0 Å². The first-order valence-corrected chi connectivity index (χ1v) is 12.9. The van der Waals surface area contributed by atoms with Crippen LogP contribution in [0.25, 0.3) is 11.3 Å². The van der Waals surface area contributed by atoms with E-state index in [4.69, 9.17) is 4.74 Å². The molecule has 3 heterocycles. The van der Waals surface area contributed by atoms with E-state index >= 15 is 0 Å². The van der Waals surface area contributed by atoms with Gasteiger partial charge in [0.1, 0.15) is 12.4 Å². The molecule has 2 aromatic rings. The van der Waals surface area contributed by atoms with Crippen molar-refractivity contribution in [2.45, 2.75) is 57.9 Å². The normalized spacial score (nSPS) is 19.4. The number of aromatic nitrogens is 2. The van der Waals surface area contributed by atoms with Crippen LogP contribution in [0.1, 0.15) is 42.4 Å². The average molecular weight is 538 g/mol. The van der Waals surface area contributed by atoms with Gasteiger partial charge in [-0.05, 0) is 75.4 Å². The molecule has 1 atom stereocenters. The molecule has 0 bridgehead atoms. The SMILES string of the molecule is Cc1c(N[C@@H]2CCCN(CCOC(=O)N3CCC(O)CC3)C2)nnc(-c2ccc(C(F)(F)F)cc2O)c1C. The van der Waals surface area contributed by atoms with Gasteiger partial charge < -0.3 is 25.2 Å². The number of aliphatic hydroxyl groups is 1. The van der Waals surface area contributed by atoms with Crippen LogP contribution in [-0.4, -0.2) is 87.8 Å².